The Labute approximate surface area is 212 Å². The van der Waals surface area contributed by atoms with Crippen LogP contribution in [0.15, 0.2) is 78.2 Å². The number of aromatic nitrogens is 3. The number of halogens is 1. The van der Waals surface area contributed by atoms with Crippen molar-refractivity contribution < 1.29 is 14.2 Å². The van der Waals surface area contributed by atoms with Crippen LogP contribution in [-0.2, 0) is 0 Å². The minimum absolute atomic E-state index is 0.486. The van der Waals surface area contributed by atoms with Crippen molar-refractivity contribution in [3.05, 3.63) is 83.2 Å². The molecule has 0 N–H and O–H groups in total. The Morgan fingerprint density at radius 3 is 2.06 bits per heavy atom. The lowest BCUT2D eigenvalue weighted by Gasteiger charge is -2.10. The number of thiazole rings is 1. The van der Waals surface area contributed by atoms with Crippen LogP contribution in [0.5, 0.6) is 17.2 Å². The van der Waals surface area contributed by atoms with Crippen molar-refractivity contribution >= 4 is 22.9 Å². The summed E-state index contributed by atoms with van der Waals surface area (Å²) in [5.74, 6) is 2.17. The Morgan fingerprint density at radius 2 is 1.40 bits per heavy atom. The van der Waals surface area contributed by atoms with E-state index in [1.807, 2.05) is 78.2 Å². The third-order valence-corrected chi connectivity index (χ3v) is 6.79. The van der Waals surface area contributed by atoms with Crippen LogP contribution in [-0.4, -0.2) is 36.1 Å². The predicted octanol–water partition coefficient (Wildman–Crippen LogP) is 7.01. The van der Waals surface area contributed by atoms with E-state index >= 15 is 0 Å². The largest absolute Gasteiger partial charge is 0.497 e. The second-order valence-corrected chi connectivity index (χ2v) is 8.78. The van der Waals surface area contributed by atoms with E-state index in [1.54, 1.807) is 26.0 Å². The van der Waals surface area contributed by atoms with Crippen molar-refractivity contribution in [1.29, 1.82) is 0 Å². The normalized spacial score (nSPS) is 10.9. The van der Waals surface area contributed by atoms with Gasteiger partial charge < -0.3 is 14.2 Å². The molecule has 0 saturated carbocycles. The van der Waals surface area contributed by atoms with Crippen molar-refractivity contribution in [2.75, 3.05) is 21.3 Å². The van der Waals surface area contributed by atoms with Crippen molar-refractivity contribution in [1.82, 2.24) is 14.8 Å². The molecule has 5 aromatic rings. The van der Waals surface area contributed by atoms with Crippen LogP contribution < -0.4 is 14.2 Å². The van der Waals surface area contributed by atoms with Crippen LogP contribution in [0.2, 0.25) is 5.02 Å². The summed E-state index contributed by atoms with van der Waals surface area (Å²) in [7, 11) is 4.92. The van der Waals surface area contributed by atoms with Gasteiger partial charge in [0, 0.05) is 22.1 Å². The van der Waals surface area contributed by atoms with Crippen LogP contribution in [0.25, 0.3) is 38.9 Å². The first kappa shape index (κ1) is 23.0. The van der Waals surface area contributed by atoms with Crippen LogP contribution in [0, 0.1) is 0 Å². The quantitative estimate of drug-likeness (QED) is 0.239. The van der Waals surface area contributed by atoms with E-state index in [0.29, 0.717) is 33.0 Å². The molecule has 6 nitrogen and oxygen atoms in total. The van der Waals surface area contributed by atoms with E-state index in [-0.39, 0.29) is 0 Å². The third-order valence-electron chi connectivity index (χ3n) is 5.61. The van der Waals surface area contributed by atoms with Gasteiger partial charge in [-0.2, -0.15) is 5.10 Å². The Morgan fingerprint density at radius 1 is 0.771 bits per heavy atom. The maximum atomic E-state index is 7.03. The van der Waals surface area contributed by atoms with E-state index in [0.717, 1.165) is 28.1 Å². The highest BCUT2D eigenvalue weighted by atomic mass is 35.5. The van der Waals surface area contributed by atoms with Gasteiger partial charge in [0.05, 0.1) is 37.7 Å². The molecule has 0 unspecified atom stereocenters. The first-order chi connectivity index (χ1) is 17.1. The van der Waals surface area contributed by atoms with Gasteiger partial charge >= 0.3 is 0 Å². The van der Waals surface area contributed by atoms with Gasteiger partial charge in [0.2, 0.25) is 5.13 Å². The molecule has 0 aliphatic heterocycles. The fourth-order valence-corrected chi connectivity index (χ4v) is 4.99. The highest BCUT2D eigenvalue weighted by molar-refractivity contribution is 7.12. The average molecular weight is 504 g/mol. The summed E-state index contributed by atoms with van der Waals surface area (Å²) in [4.78, 5) is 4.89. The maximum Gasteiger partial charge on any atom is 0.211 e. The SMILES string of the molecule is COc1ccc(-c2csc(-n3nc(-c4ccccc4OC)c(Cl)c3-c3ccccc3OC)n2)cc1. The molecular formula is C27H22ClN3O3S. The molecule has 35 heavy (non-hydrogen) atoms. The molecule has 0 radical (unpaired) electrons. The number of benzene rings is 3. The fraction of sp³-hybridized carbons (Fsp3) is 0.111. The zero-order chi connectivity index (χ0) is 24.4. The molecule has 0 amide bonds. The van der Waals surface area contributed by atoms with E-state index in [1.165, 1.54) is 11.3 Å². The molecule has 0 aliphatic carbocycles. The Bertz CT molecular complexity index is 1480. The molecule has 0 fully saturated rings. The monoisotopic (exact) mass is 503 g/mol. The number of ether oxygens (including phenoxy) is 3. The summed E-state index contributed by atoms with van der Waals surface area (Å²) < 4.78 is 18.3. The summed E-state index contributed by atoms with van der Waals surface area (Å²) in [6.45, 7) is 0. The van der Waals surface area contributed by atoms with Crippen molar-refractivity contribution in [2.24, 2.45) is 0 Å². The van der Waals surface area contributed by atoms with Gasteiger partial charge in [-0.25, -0.2) is 9.67 Å². The van der Waals surface area contributed by atoms with E-state index < -0.39 is 0 Å². The molecule has 0 saturated heterocycles. The second kappa shape index (κ2) is 9.82. The summed E-state index contributed by atoms with van der Waals surface area (Å²) in [5.41, 5.74) is 4.72. The fourth-order valence-electron chi connectivity index (χ4n) is 3.88. The first-order valence-corrected chi connectivity index (χ1v) is 12.1. The highest BCUT2D eigenvalue weighted by Crippen LogP contribution is 2.44. The molecule has 3 aromatic carbocycles. The molecule has 2 heterocycles. The number of methoxy groups -OCH3 is 3. The first-order valence-electron chi connectivity index (χ1n) is 10.8. The standard InChI is InChI=1S/C27H22ClN3O3S/c1-32-18-14-12-17(13-15-18)21-16-35-27(29-21)31-26(20-9-5-7-11-23(20)34-3)24(28)25(30-31)19-8-4-6-10-22(19)33-2/h4-16H,1-3H3. The van der Waals surface area contributed by atoms with Gasteiger partial charge in [-0.15, -0.1) is 11.3 Å². The van der Waals surface area contributed by atoms with E-state index in [2.05, 4.69) is 0 Å². The lowest BCUT2D eigenvalue weighted by molar-refractivity contribution is 0.415. The van der Waals surface area contributed by atoms with Gasteiger partial charge in [0.15, 0.2) is 0 Å². The van der Waals surface area contributed by atoms with Gasteiger partial charge in [-0.3, -0.25) is 0 Å². The second-order valence-electron chi connectivity index (χ2n) is 7.57. The number of nitrogens with zero attached hydrogens (tertiary/aromatic N) is 3. The Balaban J connectivity index is 1.70. The van der Waals surface area contributed by atoms with Gasteiger partial charge in [-0.1, -0.05) is 35.9 Å². The topological polar surface area (TPSA) is 58.4 Å². The van der Waals surface area contributed by atoms with E-state index in [9.17, 15) is 0 Å². The number of para-hydroxylation sites is 2. The van der Waals surface area contributed by atoms with Crippen molar-refractivity contribution in [2.45, 2.75) is 0 Å². The molecule has 0 aliphatic rings. The van der Waals surface area contributed by atoms with Crippen LogP contribution in [0.4, 0.5) is 0 Å². The van der Waals surface area contributed by atoms with Crippen molar-refractivity contribution in [3.8, 4) is 56.2 Å². The molecule has 2 aromatic heterocycles. The molecule has 0 atom stereocenters. The highest BCUT2D eigenvalue weighted by Gasteiger charge is 2.25. The minimum atomic E-state index is 0.486. The molecule has 0 bridgehead atoms. The smallest absolute Gasteiger partial charge is 0.211 e. The Kier molecular flexibility index (Phi) is 6.44. The maximum absolute atomic E-state index is 7.03. The average Bonchev–Trinajstić information content (AvgIpc) is 3.53. The molecule has 5 rings (SSSR count). The summed E-state index contributed by atoms with van der Waals surface area (Å²) in [6, 6.07) is 23.2. The predicted molar refractivity (Wildman–Crippen MR) is 140 cm³/mol. The molecule has 176 valence electrons. The summed E-state index contributed by atoms with van der Waals surface area (Å²) in [6.07, 6.45) is 0. The van der Waals surface area contributed by atoms with Gasteiger partial charge in [-0.05, 0) is 48.5 Å². The number of rotatable bonds is 7. The summed E-state index contributed by atoms with van der Waals surface area (Å²) >= 11 is 8.52. The van der Waals surface area contributed by atoms with Crippen LogP contribution in [0.1, 0.15) is 0 Å². The summed E-state index contributed by atoms with van der Waals surface area (Å²) in [5, 5.41) is 8.09. The van der Waals surface area contributed by atoms with Crippen molar-refractivity contribution in [3.63, 3.8) is 0 Å². The van der Waals surface area contributed by atoms with Gasteiger partial charge in [0.1, 0.15) is 22.9 Å². The molecular weight excluding hydrogens is 482 g/mol. The lowest BCUT2D eigenvalue weighted by atomic mass is 10.1. The molecule has 0 spiro atoms. The lowest BCUT2D eigenvalue weighted by Crippen LogP contribution is -2.00. The zero-order valence-electron chi connectivity index (χ0n) is 19.4. The van der Waals surface area contributed by atoms with Crippen LogP contribution >= 0.6 is 22.9 Å². The zero-order valence-corrected chi connectivity index (χ0v) is 20.9. The third kappa shape index (κ3) is 4.24. The van der Waals surface area contributed by atoms with E-state index in [4.69, 9.17) is 35.9 Å². The molecule has 8 heteroatoms. The minimum Gasteiger partial charge on any atom is -0.497 e. The van der Waals surface area contributed by atoms with Crippen LogP contribution in [0.3, 0.4) is 0 Å². The number of hydrogen-bond acceptors (Lipinski definition) is 6. The Hall–Kier alpha value is -3.81. The number of hydrogen-bond donors (Lipinski definition) is 0. The van der Waals surface area contributed by atoms with Gasteiger partial charge in [0.25, 0.3) is 0 Å².